The van der Waals surface area contributed by atoms with E-state index in [0.29, 0.717) is 12.8 Å². The highest BCUT2D eigenvalue weighted by molar-refractivity contribution is 5.76. The molecule has 0 bridgehead atoms. The lowest BCUT2D eigenvalue weighted by atomic mass is 9.99. The lowest BCUT2D eigenvalue weighted by Crippen LogP contribution is -2.60. The van der Waals surface area contributed by atoms with E-state index in [2.05, 4.69) is 19.2 Å². The van der Waals surface area contributed by atoms with Crippen LogP contribution >= 0.6 is 0 Å². The maximum absolute atomic E-state index is 13.0. The van der Waals surface area contributed by atoms with Crippen LogP contribution in [0.15, 0.2) is 0 Å². The van der Waals surface area contributed by atoms with Gasteiger partial charge in [0.05, 0.1) is 25.4 Å². The Labute approximate surface area is 351 Å². The van der Waals surface area contributed by atoms with Crippen LogP contribution in [-0.4, -0.2) is 87.5 Å². The molecule has 0 aromatic heterocycles. The van der Waals surface area contributed by atoms with Crippen LogP contribution < -0.4 is 5.32 Å². The number of aliphatic hydroxyl groups is 5. The molecule has 1 aliphatic rings. The summed E-state index contributed by atoms with van der Waals surface area (Å²) >= 11 is 0. The summed E-state index contributed by atoms with van der Waals surface area (Å²) in [6.07, 6.45) is 36.8. The number of carbonyl (C=O) groups is 1. The van der Waals surface area contributed by atoms with E-state index in [1.807, 2.05) is 0 Å². The Bertz CT molecular complexity index is 862. The number of hydrogen-bond donors (Lipinski definition) is 6. The second kappa shape index (κ2) is 39.3. The van der Waals surface area contributed by atoms with Crippen LogP contribution in [0.25, 0.3) is 0 Å². The van der Waals surface area contributed by atoms with Gasteiger partial charge >= 0.3 is 0 Å². The lowest BCUT2D eigenvalue weighted by Gasteiger charge is -2.40. The van der Waals surface area contributed by atoms with E-state index in [-0.39, 0.29) is 12.5 Å². The zero-order valence-electron chi connectivity index (χ0n) is 37.4. The van der Waals surface area contributed by atoms with Crippen molar-refractivity contribution in [2.24, 2.45) is 0 Å². The van der Waals surface area contributed by atoms with Crippen LogP contribution in [0.2, 0.25) is 0 Å². The summed E-state index contributed by atoms with van der Waals surface area (Å²) in [4.78, 5) is 13.0. The van der Waals surface area contributed by atoms with Crippen molar-refractivity contribution in [1.29, 1.82) is 0 Å². The fraction of sp³-hybridized carbons (Fsp3) is 0.979. The minimum absolute atomic E-state index is 0.132. The van der Waals surface area contributed by atoms with Crippen molar-refractivity contribution in [3.63, 3.8) is 0 Å². The molecule has 0 radical (unpaired) electrons. The maximum atomic E-state index is 13.0. The summed E-state index contributed by atoms with van der Waals surface area (Å²) in [5, 5.41) is 54.4. The second-order valence-electron chi connectivity index (χ2n) is 17.6. The van der Waals surface area contributed by atoms with Crippen LogP contribution in [0.5, 0.6) is 0 Å². The fourth-order valence-electron chi connectivity index (χ4n) is 8.22. The zero-order valence-corrected chi connectivity index (χ0v) is 37.4. The molecule has 6 N–H and O–H groups in total. The third-order valence-electron chi connectivity index (χ3n) is 12.2. The fourth-order valence-corrected chi connectivity index (χ4v) is 8.22. The van der Waals surface area contributed by atoms with E-state index < -0.39 is 49.5 Å². The van der Waals surface area contributed by atoms with E-state index in [4.69, 9.17) is 9.47 Å². The van der Waals surface area contributed by atoms with Crippen molar-refractivity contribution in [2.45, 2.75) is 288 Å². The third kappa shape index (κ3) is 30.0. The van der Waals surface area contributed by atoms with Gasteiger partial charge < -0.3 is 40.3 Å². The van der Waals surface area contributed by atoms with Gasteiger partial charge in [0.25, 0.3) is 0 Å². The molecule has 0 spiro atoms. The standard InChI is InChI=1S/C48H95NO8/c1-3-5-7-9-11-13-15-17-18-19-20-21-22-23-24-26-28-30-32-34-36-38-44(52)49-41(40-56-48-47(55)46(54)45(53)43(39-50)57-48)42(51)37-35-33-31-29-27-25-16-14-12-10-8-6-4-2/h41-43,45-48,50-51,53-55H,3-40H2,1-2H3,(H,49,52)/t41-,42+,43+,45+,46-,47+,48+/m1/s1. The van der Waals surface area contributed by atoms with Crippen molar-refractivity contribution in [2.75, 3.05) is 13.2 Å². The summed E-state index contributed by atoms with van der Waals surface area (Å²) < 4.78 is 11.3. The Balaban J connectivity index is 2.24. The van der Waals surface area contributed by atoms with Gasteiger partial charge in [0.15, 0.2) is 6.29 Å². The normalized spacial score (nSPS) is 20.9. The van der Waals surface area contributed by atoms with Gasteiger partial charge in [0, 0.05) is 6.42 Å². The van der Waals surface area contributed by atoms with Gasteiger partial charge in [-0.1, -0.05) is 226 Å². The molecule has 1 amide bonds. The topological polar surface area (TPSA) is 149 Å². The highest BCUT2D eigenvalue weighted by atomic mass is 16.7. The van der Waals surface area contributed by atoms with Crippen molar-refractivity contribution in [3.05, 3.63) is 0 Å². The molecule has 340 valence electrons. The first-order valence-electron chi connectivity index (χ1n) is 24.7. The molecule has 0 aromatic carbocycles. The molecule has 1 fully saturated rings. The molecule has 9 heteroatoms. The van der Waals surface area contributed by atoms with Gasteiger partial charge in [-0.05, 0) is 12.8 Å². The summed E-state index contributed by atoms with van der Waals surface area (Å²) in [5.41, 5.74) is 0. The monoisotopic (exact) mass is 814 g/mol. The molecular formula is C48H95NO8. The summed E-state index contributed by atoms with van der Waals surface area (Å²) in [6, 6.07) is -0.711. The minimum atomic E-state index is -1.55. The molecule has 57 heavy (non-hydrogen) atoms. The van der Waals surface area contributed by atoms with Crippen molar-refractivity contribution in [1.82, 2.24) is 5.32 Å². The van der Waals surface area contributed by atoms with Crippen molar-refractivity contribution in [3.8, 4) is 0 Å². The highest BCUT2D eigenvalue weighted by Crippen LogP contribution is 2.23. The predicted octanol–water partition coefficient (Wildman–Crippen LogP) is 10.7. The number of hydrogen-bond acceptors (Lipinski definition) is 8. The van der Waals surface area contributed by atoms with Crippen LogP contribution in [-0.2, 0) is 14.3 Å². The molecule has 0 unspecified atom stereocenters. The number of unbranched alkanes of at least 4 members (excludes halogenated alkanes) is 32. The highest BCUT2D eigenvalue weighted by Gasteiger charge is 2.44. The number of nitrogens with one attached hydrogen (secondary N) is 1. The Morgan fingerprint density at radius 3 is 1.25 bits per heavy atom. The molecule has 7 atom stereocenters. The van der Waals surface area contributed by atoms with Crippen LogP contribution in [0.1, 0.15) is 245 Å². The molecule has 1 aliphatic heterocycles. The minimum Gasteiger partial charge on any atom is -0.394 e. The molecular weight excluding hydrogens is 719 g/mol. The molecule has 0 saturated carbocycles. The number of ether oxygens (including phenoxy) is 2. The summed E-state index contributed by atoms with van der Waals surface area (Å²) in [7, 11) is 0. The first-order valence-corrected chi connectivity index (χ1v) is 24.7. The predicted molar refractivity (Wildman–Crippen MR) is 235 cm³/mol. The van der Waals surface area contributed by atoms with E-state index in [9.17, 15) is 30.3 Å². The second-order valence-corrected chi connectivity index (χ2v) is 17.6. The number of carbonyl (C=O) groups excluding carboxylic acids is 1. The molecule has 0 aromatic rings. The number of amides is 1. The van der Waals surface area contributed by atoms with E-state index in [1.54, 1.807) is 0 Å². The SMILES string of the molecule is CCCCCCCCCCCCCCCCCCCCCCCC(=O)N[C@H](CO[C@H]1O[C@@H](CO)[C@H](O)[C@@H](O)[C@@H]1O)[C@@H](O)CCCCCCCCCCCCCCC. The smallest absolute Gasteiger partial charge is 0.220 e. The lowest BCUT2D eigenvalue weighted by molar-refractivity contribution is -0.302. The summed E-state index contributed by atoms with van der Waals surface area (Å²) in [5.74, 6) is -0.139. The van der Waals surface area contributed by atoms with Gasteiger partial charge in [0.2, 0.25) is 5.91 Å². The van der Waals surface area contributed by atoms with Gasteiger partial charge in [-0.15, -0.1) is 0 Å². The first kappa shape index (κ1) is 54.2. The Kier molecular flexibility index (Phi) is 37.4. The van der Waals surface area contributed by atoms with Crippen molar-refractivity contribution >= 4 is 5.91 Å². The van der Waals surface area contributed by atoms with Crippen LogP contribution in [0.4, 0.5) is 0 Å². The molecule has 1 saturated heterocycles. The van der Waals surface area contributed by atoms with Crippen LogP contribution in [0, 0.1) is 0 Å². The average Bonchev–Trinajstić information content (AvgIpc) is 3.21. The number of aliphatic hydroxyl groups excluding tert-OH is 5. The van der Waals surface area contributed by atoms with Crippen LogP contribution in [0.3, 0.4) is 0 Å². The number of rotatable bonds is 42. The Morgan fingerprint density at radius 2 is 0.877 bits per heavy atom. The molecule has 1 rings (SSSR count). The quantitative estimate of drug-likeness (QED) is 0.0334. The van der Waals surface area contributed by atoms with Gasteiger partial charge in [-0.2, -0.15) is 0 Å². The van der Waals surface area contributed by atoms with Crippen molar-refractivity contribution < 1.29 is 39.8 Å². The Hall–Kier alpha value is -0.810. The summed E-state index contributed by atoms with van der Waals surface area (Å²) in [6.45, 7) is 3.85. The molecule has 0 aliphatic carbocycles. The largest absolute Gasteiger partial charge is 0.394 e. The van der Waals surface area contributed by atoms with Gasteiger partial charge in [-0.25, -0.2) is 0 Å². The first-order chi connectivity index (χ1) is 27.8. The third-order valence-corrected chi connectivity index (χ3v) is 12.2. The molecule has 9 nitrogen and oxygen atoms in total. The van der Waals surface area contributed by atoms with E-state index in [1.165, 1.54) is 180 Å². The zero-order chi connectivity index (χ0) is 41.6. The molecule has 1 heterocycles. The van der Waals surface area contributed by atoms with Gasteiger partial charge in [-0.3, -0.25) is 4.79 Å². The van der Waals surface area contributed by atoms with E-state index >= 15 is 0 Å². The van der Waals surface area contributed by atoms with Gasteiger partial charge in [0.1, 0.15) is 24.4 Å². The average molecular weight is 814 g/mol. The van der Waals surface area contributed by atoms with E-state index in [0.717, 1.165) is 38.5 Å². The Morgan fingerprint density at radius 1 is 0.526 bits per heavy atom. The maximum Gasteiger partial charge on any atom is 0.220 e.